The van der Waals surface area contributed by atoms with Gasteiger partial charge in [-0.05, 0) is 31.9 Å². The largest absolute Gasteiger partial charge is 0.396 e. The normalized spacial score (nSPS) is 10.3. The fourth-order valence-electron chi connectivity index (χ4n) is 1.57. The van der Waals surface area contributed by atoms with E-state index in [0.29, 0.717) is 0 Å². The third-order valence-electron chi connectivity index (χ3n) is 2.65. The summed E-state index contributed by atoms with van der Waals surface area (Å²) in [4.78, 5) is 6.61. The lowest BCUT2D eigenvalue weighted by Crippen LogP contribution is -2.26. The topological polar surface area (TPSA) is 42.2 Å². The predicted octanol–water partition coefficient (Wildman–Crippen LogP) is 2.60. The van der Waals surface area contributed by atoms with Gasteiger partial charge in [-0.1, -0.05) is 13.3 Å². The second-order valence-electron chi connectivity index (χ2n) is 3.80. The van der Waals surface area contributed by atoms with Gasteiger partial charge in [0.15, 0.2) is 5.82 Å². The molecule has 84 valence electrons. The molecule has 0 aliphatic carbocycles. The van der Waals surface area contributed by atoms with Crippen LogP contribution in [0.2, 0.25) is 0 Å². The molecule has 1 rings (SSSR count). The van der Waals surface area contributed by atoms with E-state index >= 15 is 0 Å². The molecule has 1 heterocycles. The summed E-state index contributed by atoms with van der Waals surface area (Å²) < 4.78 is 0. The monoisotopic (exact) mass is 207 g/mol. The van der Waals surface area contributed by atoms with Crippen molar-refractivity contribution in [1.82, 2.24) is 4.98 Å². The standard InChI is InChI=1S/C12H21N3/c1-4-6-9-15(5-2)12-11(13)10(3)7-8-14-12/h7-8H,4-6,9,13H2,1-3H3. The van der Waals surface area contributed by atoms with Gasteiger partial charge < -0.3 is 10.6 Å². The van der Waals surface area contributed by atoms with E-state index in [1.165, 1.54) is 12.8 Å². The molecule has 3 heteroatoms. The zero-order valence-electron chi connectivity index (χ0n) is 9.95. The van der Waals surface area contributed by atoms with Crippen LogP contribution in [-0.2, 0) is 0 Å². The van der Waals surface area contributed by atoms with Gasteiger partial charge in [0, 0.05) is 19.3 Å². The summed E-state index contributed by atoms with van der Waals surface area (Å²) in [6.45, 7) is 8.35. The first kappa shape index (κ1) is 11.8. The van der Waals surface area contributed by atoms with Gasteiger partial charge in [-0.3, -0.25) is 0 Å². The average Bonchev–Trinajstić information content (AvgIpc) is 2.25. The molecular weight excluding hydrogens is 186 g/mol. The Morgan fingerprint density at radius 2 is 2.13 bits per heavy atom. The van der Waals surface area contributed by atoms with Crippen molar-refractivity contribution in [2.45, 2.75) is 33.6 Å². The van der Waals surface area contributed by atoms with Crippen molar-refractivity contribution in [2.75, 3.05) is 23.7 Å². The number of hydrogen-bond donors (Lipinski definition) is 1. The molecule has 0 radical (unpaired) electrons. The lowest BCUT2D eigenvalue weighted by atomic mass is 10.2. The molecule has 0 amide bonds. The van der Waals surface area contributed by atoms with E-state index in [0.717, 1.165) is 30.2 Å². The minimum Gasteiger partial charge on any atom is -0.396 e. The van der Waals surface area contributed by atoms with Crippen LogP contribution in [-0.4, -0.2) is 18.1 Å². The summed E-state index contributed by atoms with van der Waals surface area (Å²) in [5, 5.41) is 0. The Labute approximate surface area is 92.3 Å². The molecule has 1 aromatic rings. The van der Waals surface area contributed by atoms with Crippen molar-refractivity contribution in [1.29, 1.82) is 0 Å². The molecule has 0 saturated heterocycles. The highest BCUT2D eigenvalue weighted by Crippen LogP contribution is 2.23. The molecule has 0 bridgehead atoms. The maximum Gasteiger partial charge on any atom is 0.152 e. The van der Waals surface area contributed by atoms with Gasteiger partial charge in [-0.15, -0.1) is 0 Å². The Hall–Kier alpha value is -1.25. The molecule has 0 saturated carbocycles. The molecule has 1 aromatic heterocycles. The lowest BCUT2D eigenvalue weighted by molar-refractivity contribution is 0.725. The molecule has 0 aliphatic rings. The third kappa shape index (κ3) is 2.85. The molecule has 0 spiro atoms. The van der Waals surface area contributed by atoms with Gasteiger partial charge in [-0.25, -0.2) is 4.98 Å². The van der Waals surface area contributed by atoms with E-state index in [-0.39, 0.29) is 0 Å². The first-order valence-corrected chi connectivity index (χ1v) is 5.66. The zero-order valence-corrected chi connectivity index (χ0v) is 9.95. The van der Waals surface area contributed by atoms with Crippen LogP contribution >= 0.6 is 0 Å². The average molecular weight is 207 g/mol. The summed E-state index contributed by atoms with van der Waals surface area (Å²) in [5.74, 6) is 0.936. The molecule has 0 atom stereocenters. The van der Waals surface area contributed by atoms with Crippen molar-refractivity contribution >= 4 is 11.5 Å². The number of hydrogen-bond acceptors (Lipinski definition) is 3. The number of nitrogens with two attached hydrogens (primary N) is 1. The van der Waals surface area contributed by atoms with E-state index in [4.69, 9.17) is 5.73 Å². The number of aryl methyl sites for hydroxylation is 1. The number of anilines is 2. The number of unbranched alkanes of at least 4 members (excludes halogenated alkanes) is 1. The molecule has 0 aliphatic heterocycles. The first-order valence-electron chi connectivity index (χ1n) is 5.66. The summed E-state index contributed by atoms with van der Waals surface area (Å²) in [5.41, 5.74) is 7.95. The number of pyridine rings is 1. The highest BCUT2D eigenvalue weighted by Gasteiger charge is 2.09. The van der Waals surface area contributed by atoms with Gasteiger partial charge in [0.25, 0.3) is 0 Å². The van der Waals surface area contributed by atoms with Gasteiger partial charge >= 0.3 is 0 Å². The highest BCUT2D eigenvalue weighted by atomic mass is 15.2. The predicted molar refractivity (Wildman–Crippen MR) is 66.2 cm³/mol. The fourth-order valence-corrected chi connectivity index (χ4v) is 1.57. The molecule has 2 N–H and O–H groups in total. The minimum absolute atomic E-state index is 0.815. The molecular formula is C12H21N3. The Bertz CT molecular complexity index is 310. The van der Waals surface area contributed by atoms with Crippen molar-refractivity contribution < 1.29 is 0 Å². The van der Waals surface area contributed by atoms with E-state index in [2.05, 4.69) is 23.7 Å². The number of rotatable bonds is 5. The number of nitrogen functional groups attached to an aromatic ring is 1. The Balaban J connectivity index is 2.86. The summed E-state index contributed by atoms with van der Waals surface area (Å²) in [6.07, 6.45) is 4.21. The van der Waals surface area contributed by atoms with Crippen LogP contribution in [0.5, 0.6) is 0 Å². The van der Waals surface area contributed by atoms with Gasteiger partial charge in [0.1, 0.15) is 0 Å². The fraction of sp³-hybridized carbons (Fsp3) is 0.583. The van der Waals surface area contributed by atoms with Crippen LogP contribution < -0.4 is 10.6 Å². The maximum atomic E-state index is 6.03. The summed E-state index contributed by atoms with van der Waals surface area (Å²) in [7, 11) is 0. The minimum atomic E-state index is 0.815. The first-order chi connectivity index (χ1) is 7.20. The van der Waals surface area contributed by atoms with Gasteiger partial charge in [-0.2, -0.15) is 0 Å². The van der Waals surface area contributed by atoms with Crippen molar-refractivity contribution in [2.24, 2.45) is 0 Å². The summed E-state index contributed by atoms with van der Waals surface area (Å²) >= 11 is 0. The van der Waals surface area contributed by atoms with Crippen LogP contribution in [0.15, 0.2) is 12.3 Å². The Morgan fingerprint density at radius 1 is 1.40 bits per heavy atom. The second kappa shape index (κ2) is 5.59. The van der Waals surface area contributed by atoms with Crippen LogP contribution in [0.1, 0.15) is 32.3 Å². The lowest BCUT2D eigenvalue weighted by Gasteiger charge is -2.23. The number of nitrogens with zero attached hydrogens (tertiary/aromatic N) is 2. The Morgan fingerprint density at radius 3 is 2.73 bits per heavy atom. The zero-order chi connectivity index (χ0) is 11.3. The van der Waals surface area contributed by atoms with E-state index in [1.54, 1.807) is 0 Å². The molecule has 15 heavy (non-hydrogen) atoms. The molecule has 0 fully saturated rings. The van der Waals surface area contributed by atoms with Crippen molar-refractivity contribution in [3.63, 3.8) is 0 Å². The molecule has 0 aromatic carbocycles. The van der Waals surface area contributed by atoms with Crippen molar-refractivity contribution in [3.8, 4) is 0 Å². The van der Waals surface area contributed by atoms with Gasteiger partial charge in [0.2, 0.25) is 0 Å². The molecule has 3 nitrogen and oxygen atoms in total. The van der Waals surface area contributed by atoms with E-state index in [1.807, 2.05) is 19.2 Å². The van der Waals surface area contributed by atoms with Crippen LogP contribution in [0.25, 0.3) is 0 Å². The van der Waals surface area contributed by atoms with Crippen LogP contribution in [0.3, 0.4) is 0 Å². The quantitative estimate of drug-likeness (QED) is 0.807. The van der Waals surface area contributed by atoms with E-state index in [9.17, 15) is 0 Å². The number of aromatic nitrogens is 1. The highest BCUT2D eigenvalue weighted by molar-refractivity contribution is 5.66. The van der Waals surface area contributed by atoms with Crippen LogP contribution in [0.4, 0.5) is 11.5 Å². The maximum absolute atomic E-state index is 6.03. The SMILES string of the molecule is CCCCN(CC)c1nccc(C)c1N. The van der Waals surface area contributed by atoms with Crippen LogP contribution in [0, 0.1) is 6.92 Å². The summed E-state index contributed by atoms with van der Waals surface area (Å²) in [6, 6.07) is 1.95. The van der Waals surface area contributed by atoms with Gasteiger partial charge in [0.05, 0.1) is 5.69 Å². The van der Waals surface area contributed by atoms with E-state index < -0.39 is 0 Å². The second-order valence-corrected chi connectivity index (χ2v) is 3.80. The molecule has 0 unspecified atom stereocenters. The third-order valence-corrected chi connectivity index (χ3v) is 2.65. The smallest absolute Gasteiger partial charge is 0.152 e. The van der Waals surface area contributed by atoms with Crippen molar-refractivity contribution in [3.05, 3.63) is 17.8 Å². The Kier molecular flexibility index (Phi) is 4.40.